The van der Waals surface area contributed by atoms with E-state index in [0.29, 0.717) is 0 Å². The molecule has 1 aromatic rings. The molecule has 5 nitrogen and oxygen atoms in total. The number of hydrogen-bond acceptors (Lipinski definition) is 4. The van der Waals surface area contributed by atoms with Gasteiger partial charge in [-0.2, -0.15) is 0 Å². The number of amides is 1. The van der Waals surface area contributed by atoms with Gasteiger partial charge in [-0.15, -0.1) is 0 Å². The van der Waals surface area contributed by atoms with Crippen LogP contribution in [0.2, 0.25) is 0 Å². The Bertz CT molecular complexity index is 582. The number of rotatable bonds is 6. The molecule has 112 valence electrons. The highest BCUT2D eigenvalue weighted by Crippen LogP contribution is 2.17. The highest BCUT2D eigenvalue weighted by atomic mass is 32.2. The van der Waals surface area contributed by atoms with Crippen molar-refractivity contribution in [2.75, 3.05) is 12.0 Å². The van der Waals surface area contributed by atoms with Crippen LogP contribution in [0.1, 0.15) is 43.5 Å². The maximum absolute atomic E-state index is 12.2. The lowest BCUT2D eigenvalue weighted by Gasteiger charge is -2.16. The third kappa shape index (κ3) is 4.52. The molecule has 0 bridgehead atoms. The molecular weight excluding hydrogens is 276 g/mol. The fourth-order valence-corrected chi connectivity index (χ4v) is 2.65. The van der Waals surface area contributed by atoms with E-state index < -0.39 is 9.84 Å². The quantitative estimate of drug-likeness (QED) is 0.786. The largest absolute Gasteiger partial charge is 0.399 e. The van der Waals surface area contributed by atoms with E-state index in [-0.39, 0.29) is 28.1 Å². The normalized spacial score (nSPS) is 12.9. The van der Waals surface area contributed by atoms with Crippen LogP contribution in [0.3, 0.4) is 0 Å². The number of nitrogen functional groups attached to an aromatic ring is 1. The first-order valence-corrected chi connectivity index (χ1v) is 8.58. The average molecular weight is 298 g/mol. The summed E-state index contributed by atoms with van der Waals surface area (Å²) >= 11 is 0. The minimum absolute atomic E-state index is 0.0613. The maximum Gasteiger partial charge on any atom is 0.251 e. The molecule has 0 spiro atoms. The Morgan fingerprint density at radius 2 is 1.95 bits per heavy atom. The third-order valence-electron chi connectivity index (χ3n) is 3.08. The average Bonchev–Trinajstić information content (AvgIpc) is 2.36. The van der Waals surface area contributed by atoms with Crippen LogP contribution in [0.4, 0.5) is 5.69 Å². The van der Waals surface area contributed by atoms with Crippen molar-refractivity contribution in [2.45, 2.75) is 44.0 Å². The van der Waals surface area contributed by atoms with Gasteiger partial charge >= 0.3 is 0 Å². The fourth-order valence-electron chi connectivity index (χ4n) is 1.96. The predicted octanol–water partition coefficient (Wildman–Crippen LogP) is 1.98. The molecule has 0 aromatic heterocycles. The Balaban J connectivity index is 3.02. The standard InChI is InChI=1S/C14H22N2O3S/c1-4-6-12(5-2)16-14(17)10-7-11(15)9-13(8-10)20(3,18)19/h7-9,12H,4-6,15H2,1-3H3,(H,16,17). The predicted molar refractivity (Wildman–Crippen MR) is 80.4 cm³/mol. The maximum atomic E-state index is 12.2. The van der Waals surface area contributed by atoms with E-state index in [1.807, 2.05) is 6.92 Å². The smallest absolute Gasteiger partial charge is 0.251 e. The van der Waals surface area contributed by atoms with E-state index in [1.165, 1.54) is 18.2 Å². The minimum Gasteiger partial charge on any atom is -0.399 e. The van der Waals surface area contributed by atoms with Gasteiger partial charge in [0.15, 0.2) is 9.84 Å². The Morgan fingerprint density at radius 1 is 1.30 bits per heavy atom. The highest BCUT2D eigenvalue weighted by molar-refractivity contribution is 7.90. The Hall–Kier alpha value is -1.56. The summed E-state index contributed by atoms with van der Waals surface area (Å²) in [5.41, 5.74) is 6.21. The topological polar surface area (TPSA) is 89.3 Å². The van der Waals surface area contributed by atoms with Crippen LogP contribution in [0.5, 0.6) is 0 Å². The van der Waals surface area contributed by atoms with E-state index in [0.717, 1.165) is 25.5 Å². The van der Waals surface area contributed by atoms with Gasteiger partial charge in [-0.3, -0.25) is 4.79 Å². The monoisotopic (exact) mass is 298 g/mol. The summed E-state index contributed by atoms with van der Waals surface area (Å²) in [5.74, 6) is -0.289. The number of anilines is 1. The molecule has 0 fully saturated rings. The van der Waals surface area contributed by atoms with Crippen molar-refractivity contribution in [1.29, 1.82) is 0 Å². The second-order valence-electron chi connectivity index (χ2n) is 4.93. The molecule has 0 aliphatic carbocycles. The van der Waals surface area contributed by atoms with Crippen LogP contribution >= 0.6 is 0 Å². The number of nitrogens with two attached hydrogens (primary N) is 1. The first-order chi connectivity index (χ1) is 9.27. The molecule has 20 heavy (non-hydrogen) atoms. The Morgan fingerprint density at radius 3 is 2.45 bits per heavy atom. The third-order valence-corrected chi connectivity index (χ3v) is 4.18. The van der Waals surface area contributed by atoms with Crippen molar-refractivity contribution in [2.24, 2.45) is 0 Å². The van der Waals surface area contributed by atoms with Gasteiger partial charge in [0.1, 0.15) is 0 Å². The lowest BCUT2D eigenvalue weighted by Crippen LogP contribution is -2.34. The SMILES string of the molecule is CCCC(CC)NC(=O)c1cc(N)cc(S(C)(=O)=O)c1. The lowest BCUT2D eigenvalue weighted by molar-refractivity contribution is 0.0933. The number of carbonyl (C=O) groups is 1. The van der Waals surface area contributed by atoms with Gasteiger partial charge in [-0.25, -0.2) is 8.42 Å². The first-order valence-electron chi connectivity index (χ1n) is 6.69. The zero-order chi connectivity index (χ0) is 15.3. The number of hydrogen-bond donors (Lipinski definition) is 2. The molecule has 0 saturated heterocycles. The van der Waals surface area contributed by atoms with Crippen molar-refractivity contribution in [3.63, 3.8) is 0 Å². The van der Waals surface area contributed by atoms with Crippen molar-refractivity contribution in [1.82, 2.24) is 5.32 Å². The highest BCUT2D eigenvalue weighted by Gasteiger charge is 2.15. The molecular formula is C14H22N2O3S. The fraction of sp³-hybridized carbons (Fsp3) is 0.500. The molecule has 0 aliphatic heterocycles. The van der Waals surface area contributed by atoms with E-state index in [9.17, 15) is 13.2 Å². The summed E-state index contributed by atoms with van der Waals surface area (Å²) < 4.78 is 23.1. The van der Waals surface area contributed by atoms with Crippen LogP contribution in [0.25, 0.3) is 0 Å². The Kier molecular flexibility index (Phi) is 5.56. The van der Waals surface area contributed by atoms with Gasteiger partial charge in [-0.1, -0.05) is 20.3 Å². The molecule has 6 heteroatoms. The second kappa shape index (κ2) is 6.74. The van der Waals surface area contributed by atoms with Crippen LogP contribution in [-0.2, 0) is 9.84 Å². The summed E-state index contributed by atoms with van der Waals surface area (Å²) in [6.45, 7) is 4.05. The summed E-state index contributed by atoms with van der Waals surface area (Å²) in [5, 5.41) is 2.90. The van der Waals surface area contributed by atoms with Crippen molar-refractivity contribution < 1.29 is 13.2 Å². The van der Waals surface area contributed by atoms with Crippen molar-refractivity contribution in [3.05, 3.63) is 23.8 Å². The minimum atomic E-state index is -3.39. The lowest BCUT2D eigenvalue weighted by atomic mass is 10.1. The zero-order valence-electron chi connectivity index (χ0n) is 12.1. The summed E-state index contributed by atoms with van der Waals surface area (Å²) in [6, 6.07) is 4.30. The van der Waals surface area contributed by atoms with Crippen LogP contribution in [0.15, 0.2) is 23.1 Å². The van der Waals surface area contributed by atoms with Gasteiger partial charge in [-0.05, 0) is 31.0 Å². The molecule has 1 amide bonds. The van der Waals surface area contributed by atoms with E-state index >= 15 is 0 Å². The summed E-state index contributed by atoms with van der Waals surface area (Å²) in [7, 11) is -3.39. The molecule has 0 aliphatic rings. The zero-order valence-corrected chi connectivity index (χ0v) is 13.0. The van der Waals surface area contributed by atoms with Crippen LogP contribution in [0, 0.1) is 0 Å². The molecule has 0 heterocycles. The van der Waals surface area contributed by atoms with Gasteiger partial charge < -0.3 is 11.1 Å². The van der Waals surface area contributed by atoms with Gasteiger partial charge in [0.05, 0.1) is 4.90 Å². The summed E-state index contributed by atoms with van der Waals surface area (Å²) in [6.07, 6.45) is 3.80. The van der Waals surface area contributed by atoms with E-state index in [4.69, 9.17) is 5.73 Å². The van der Waals surface area contributed by atoms with E-state index in [2.05, 4.69) is 12.2 Å². The van der Waals surface area contributed by atoms with Gasteiger partial charge in [0.25, 0.3) is 5.91 Å². The first kappa shape index (κ1) is 16.5. The molecule has 3 N–H and O–H groups in total. The van der Waals surface area contributed by atoms with Crippen LogP contribution in [-0.4, -0.2) is 26.6 Å². The van der Waals surface area contributed by atoms with Crippen molar-refractivity contribution >= 4 is 21.4 Å². The Labute approximate surface area is 120 Å². The number of sulfone groups is 1. The molecule has 1 aromatic carbocycles. The summed E-state index contributed by atoms with van der Waals surface area (Å²) in [4.78, 5) is 12.2. The van der Waals surface area contributed by atoms with Crippen molar-refractivity contribution in [3.8, 4) is 0 Å². The van der Waals surface area contributed by atoms with E-state index in [1.54, 1.807) is 0 Å². The van der Waals surface area contributed by atoms with Gasteiger partial charge in [0.2, 0.25) is 0 Å². The number of benzene rings is 1. The molecule has 0 saturated carbocycles. The molecule has 0 radical (unpaired) electrons. The number of carbonyl (C=O) groups excluding carboxylic acids is 1. The van der Waals surface area contributed by atoms with Crippen LogP contribution < -0.4 is 11.1 Å². The molecule has 1 unspecified atom stereocenters. The molecule has 1 atom stereocenters. The molecule has 1 rings (SSSR count). The number of nitrogens with one attached hydrogen (secondary N) is 1. The van der Waals surface area contributed by atoms with Gasteiger partial charge in [0, 0.05) is 23.5 Å². The second-order valence-corrected chi connectivity index (χ2v) is 6.95.